The average Bonchev–Trinajstić information content (AvgIpc) is 2.44. The van der Waals surface area contributed by atoms with E-state index in [4.69, 9.17) is 12.2 Å². The van der Waals surface area contributed by atoms with Gasteiger partial charge in [-0.25, -0.2) is 0 Å². The third-order valence-corrected chi connectivity index (χ3v) is 4.92. The molecular weight excluding hydrogens is 238 g/mol. The van der Waals surface area contributed by atoms with Crippen LogP contribution >= 0.6 is 12.2 Å². The minimum atomic E-state index is 0.606. The van der Waals surface area contributed by atoms with Gasteiger partial charge in [-0.1, -0.05) is 62.7 Å². The second kappa shape index (κ2) is 5.00. The summed E-state index contributed by atoms with van der Waals surface area (Å²) in [5.74, 6) is 0.606. The lowest BCUT2D eigenvalue weighted by Gasteiger charge is -2.42. The minimum Gasteiger partial charge on any atom is -0.359 e. The van der Waals surface area contributed by atoms with E-state index in [1.54, 1.807) is 0 Å². The highest BCUT2D eigenvalue weighted by molar-refractivity contribution is 7.80. The molecule has 0 spiro atoms. The zero-order valence-electron chi connectivity index (χ0n) is 11.1. The van der Waals surface area contributed by atoms with E-state index in [2.05, 4.69) is 36.1 Å². The molecule has 1 unspecified atom stereocenters. The van der Waals surface area contributed by atoms with Crippen molar-refractivity contribution in [3.8, 4) is 0 Å². The molecule has 2 aliphatic rings. The topological polar surface area (TPSA) is 3.24 Å². The van der Waals surface area contributed by atoms with E-state index in [0.717, 1.165) is 11.5 Å². The van der Waals surface area contributed by atoms with E-state index < -0.39 is 0 Å². The van der Waals surface area contributed by atoms with Crippen LogP contribution < -0.4 is 0 Å². The summed E-state index contributed by atoms with van der Waals surface area (Å²) in [7, 11) is 0. The lowest BCUT2D eigenvalue weighted by molar-refractivity contribution is 0.234. The van der Waals surface area contributed by atoms with E-state index in [1.807, 2.05) is 0 Å². The summed E-state index contributed by atoms with van der Waals surface area (Å²) in [6, 6.07) is 9.38. The molecule has 0 amide bonds. The molecule has 0 bridgehead atoms. The number of nitrogens with zero attached hydrogens (tertiary/aromatic N) is 1. The van der Waals surface area contributed by atoms with E-state index in [-0.39, 0.29) is 0 Å². The summed E-state index contributed by atoms with van der Waals surface area (Å²) >= 11 is 5.74. The molecule has 1 atom stereocenters. The third kappa shape index (κ3) is 2.07. The van der Waals surface area contributed by atoms with E-state index in [1.165, 1.54) is 43.2 Å². The molecule has 0 saturated heterocycles. The van der Waals surface area contributed by atoms with Gasteiger partial charge in [0.2, 0.25) is 0 Å². The molecule has 2 heteroatoms. The number of hydrogen-bond donors (Lipinski definition) is 0. The Bertz CT molecular complexity index is 448. The van der Waals surface area contributed by atoms with Crippen LogP contribution in [-0.2, 0) is 0 Å². The van der Waals surface area contributed by atoms with Crippen LogP contribution in [0.5, 0.6) is 0 Å². The van der Waals surface area contributed by atoms with Crippen LogP contribution in [0.15, 0.2) is 24.3 Å². The zero-order chi connectivity index (χ0) is 12.5. The van der Waals surface area contributed by atoms with Gasteiger partial charge in [0.15, 0.2) is 0 Å². The molecule has 3 rings (SSSR count). The molecule has 1 aromatic carbocycles. The molecule has 0 radical (unpaired) electrons. The molecule has 1 fully saturated rings. The predicted molar refractivity (Wildman–Crippen MR) is 80.1 cm³/mol. The Balaban J connectivity index is 1.89. The van der Waals surface area contributed by atoms with Gasteiger partial charge in [-0.15, -0.1) is 0 Å². The normalized spacial score (nSPS) is 25.1. The van der Waals surface area contributed by atoms with Crippen molar-refractivity contribution in [1.29, 1.82) is 0 Å². The van der Waals surface area contributed by atoms with Crippen LogP contribution in [0.25, 0.3) is 0 Å². The summed E-state index contributed by atoms with van der Waals surface area (Å²) in [4.78, 5) is 3.61. The number of benzene rings is 1. The van der Waals surface area contributed by atoms with Gasteiger partial charge in [-0.05, 0) is 24.3 Å². The van der Waals surface area contributed by atoms with Gasteiger partial charge in [-0.2, -0.15) is 0 Å². The molecule has 1 heterocycles. The first-order chi connectivity index (χ1) is 8.77. The second-order valence-electron chi connectivity index (χ2n) is 5.74. The fraction of sp³-hybridized carbons (Fsp3) is 0.562. The molecule has 96 valence electrons. The lowest BCUT2D eigenvalue weighted by Crippen LogP contribution is -2.46. The molecule has 0 aromatic heterocycles. The smallest absolute Gasteiger partial charge is 0.109 e. The quantitative estimate of drug-likeness (QED) is 0.698. The Morgan fingerprint density at radius 2 is 1.83 bits per heavy atom. The average molecular weight is 259 g/mol. The molecule has 0 N–H and O–H groups in total. The molecule has 1 saturated carbocycles. The number of fused-ring (bicyclic) bond motifs is 1. The van der Waals surface area contributed by atoms with Crippen molar-refractivity contribution in [3.05, 3.63) is 35.4 Å². The van der Waals surface area contributed by atoms with Crippen molar-refractivity contribution in [2.75, 3.05) is 6.54 Å². The van der Waals surface area contributed by atoms with Crippen LogP contribution in [0.3, 0.4) is 0 Å². The first kappa shape index (κ1) is 12.2. The minimum absolute atomic E-state index is 0.606. The summed E-state index contributed by atoms with van der Waals surface area (Å²) < 4.78 is 0. The standard InChI is InChI=1S/C16H21NS/c1-12-11-17(13-7-3-2-4-8-13)16(18)15-10-6-5-9-14(12)15/h5-6,9-10,12-13H,2-4,7-8,11H2,1H3. The van der Waals surface area contributed by atoms with Gasteiger partial charge in [0.25, 0.3) is 0 Å². The highest BCUT2D eigenvalue weighted by Crippen LogP contribution is 2.33. The largest absolute Gasteiger partial charge is 0.359 e. The summed E-state index contributed by atoms with van der Waals surface area (Å²) in [6.45, 7) is 3.44. The van der Waals surface area contributed by atoms with Crippen LogP contribution in [-0.4, -0.2) is 22.5 Å². The fourth-order valence-corrected chi connectivity index (χ4v) is 3.87. The van der Waals surface area contributed by atoms with Gasteiger partial charge in [-0.3, -0.25) is 0 Å². The van der Waals surface area contributed by atoms with E-state index >= 15 is 0 Å². The number of rotatable bonds is 1. The summed E-state index contributed by atoms with van der Waals surface area (Å²) in [6.07, 6.45) is 6.81. The molecule has 1 aliphatic carbocycles. The maximum atomic E-state index is 5.74. The number of hydrogen-bond acceptors (Lipinski definition) is 1. The highest BCUT2D eigenvalue weighted by Gasteiger charge is 2.30. The summed E-state index contributed by atoms with van der Waals surface area (Å²) in [5.41, 5.74) is 2.74. The van der Waals surface area contributed by atoms with Gasteiger partial charge in [0.05, 0.1) is 0 Å². The Morgan fingerprint density at radius 3 is 2.61 bits per heavy atom. The van der Waals surface area contributed by atoms with Gasteiger partial charge in [0, 0.05) is 18.2 Å². The molecule has 1 aliphatic heterocycles. The van der Waals surface area contributed by atoms with Crippen molar-refractivity contribution in [1.82, 2.24) is 4.90 Å². The molecule has 18 heavy (non-hydrogen) atoms. The Labute approximate surface area is 115 Å². The second-order valence-corrected chi connectivity index (χ2v) is 6.12. The van der Waals surface area contributed by atoms with Crippen LogP contribution in [0.2, 0.25) is 0 Å². The maximum Gasteiger partial charge on any atom is 0.109 e. The van der Waals surface area contributed by atoms with Gasteiger partial charge in [0.1, 0.15) is 4.99 Å². The van der Waals surface area contributed by atoms with Crippen molar-refractivity contribution < 1.29 is 0 Å². The van der Waals surface area contributed by atoms with Gasteiger partial charge < -0.3 is 4.90 Å². The van der Waals surface area contributed by atoms with Gasteiger partial charge >= 0.3 is 0 Å². The summed E-state index contributed by atoms with van der Waals surface area (Å²) in [5, 5.41) is 0. The van der Waals surface area contributed by atoms with Crippen molar-refractivity contribution in [2.45, 2.75) is 51.0 Å². The first-order valence-corrected chi connectivity index (χ1v) is 7.58. The lowest BCUT2D eigenvalue weighted by atomic mass is 9.87. The highest BCUT2D eigenvalue weighted by atomic mass is 32.1. The fourth-order valence-electron chi connectivity index (χ4n) is 3.46. The van der Waals surface area contributed by atoms with Crippen LogP contribution in [0.4, 0.5) is 0 Å². The Morgan fingerprint density at radius 1 is 1.11 bits per heavy atom. The van der Waals surface area contributed by atoms with E-state index in [9.17, 15) is 0 Å². The Hall–Kier alpha value is -0.890. The maximum absolute atomic E-state index is 5.74. The van der Waals surface area contributed by atoms with Crippen LogP contribution in [0.1, 0.15) is 56.1 Å². The molecular formula is C16H21NS. The van der Waals surface area contributed by atoms with Crippen molar-refractivity contribution in [2.24, 2.45) is 0 Å². The van der Waals surface area contributed by atoms with Crippen molar-refractivity contribution >= 4 is 17.2 Å². The van der Waals surface area contributed by atoms with Crippen molar-refractivity contribution in [3.63, 3.8) is 0 Å². The molecule has 1 nitrogen and oxygen atoms in total. The Kier molecular flexibility index (Phi) is 3.38. The first-order valence-electron chi connectivity index (χ1n) is 7.17. The third-order valence-electron chi connectivity index (χ3n) is 4.47. The van der Waals surface area contributed by atoms with Crippen LogP contribution in [0, 0.1) is 0 Å². The zero-order valence-corrected chi connectivity index (χ0v) is 11.9. The molecule has 1 aromatic rings. The predicted octanol–water partition coefficient (Wildman–Crippen LogP) is 4.11. The monoisotopic (exact) mass is 259 g/mol. The number of thiocarbonyl (C=S) groups is 1. The van der Waals surface area contributed by atoms with E-state index in [0.29, 0.717) is 12.0 Å². The SMILES string of the molecule is CC1CN(C2CCCCC2)C(=S)c2ccccc21.